The predicted octanol–water partition coefficient (Wildman–Crippen LogP) is 2.75. The minimum atomic E-state index is -0.321. The smallest absolute Gasteiger partial charge is 0.318 e. The van der Waals surface area contributed by atoms with Crippen molar-refractivity contribution >= 4 is 17.1 Å². The second kappa shape index (κ2) is 8.99. The Morgan fingerprint density at radius 2 is 1.92 bits per heavy atom. The molecule has 9 nitrogen and oxygen atoms in total. The van der Waals surface area contributed by atoms with E-state index in [-0.39, 0.29) is 36.3 Å². The number of halogens is 1. The number of fused-ring (bicyclic) bond motifs is 4. The first kappa shape index (κ1) is 23.1. The average Bonchev–Trinajstić information content (AvgIpc) is 3.18. The minimum absolute atomic E-state index is 0.0381. The number of aryl methyl sites for hydroxylation is 1. The second-order valence-corrected chi connectivity index (χ2v) is 10.2. The molecule has 4 aliphatic rings. The Morgan fingerprint density at radius 1 is 1.14 bits per heavy atom. The summed E-state index contributed by atoms with van der Waals surface area (Å²) in [5.74, 6) is 1.67. The number of aromatic nitrogens is 4. The van der Waals surface area contributed by atoms with Crippen molar-refractivity contribution in [2.45, 2.75) is 45.3 Å². The van der Waals surface area contributed by atoms with Crippen LogP contribution in [0.5, 0.6) is 11.8 Å². The number of imidazole rings is 1. The molecule has 0 N–H and O–H groups in total. The third kappa shape index (κ3) is 4.07. The Hall–Kier alpha value is -3.27. The van der Waals surface area contributed by atoms with Gasteiger partial charge in [-0.15, -0.1) is 0 Å². The molecular weight excluding hydrogens is 463 g/mol. The van der Waals surface area contributed by atoms with Crippen LogP contribution in [0.2, 0.25) is 0 Å². The van der Waals surface area contributed by atoms with Gasteiger partial charge in [0.15, 0.2) is 5.65 Å². The van der Waals surface area contributed by atoms with Crippen LogP contribution in [0.4, 0.5) is 4.39 Å². The maximum Gasteiger partial charge on any atom is 0.318 e. The predicted molar refractivity (Wildman–Crippen MR) is 131 cm³/mol. The molecule has 7 rings (SSSR count). The number of nitrogens with zero attached hydrogens (tertiary/aromatic N) is 6. The number of carbonyl (C=O) groups is 1. The van der Waals surface area contributed by atoms with Crippen LogP contribution >= 0.6 is 0 Å². The standard InChI is InChI=1S/C26H31FN6O3/c1-15-23-25(30-26(28-15)35-3)33(24(29-23)19-11-32(12-19)16(2)34)13-18-4-5-20(10-21(18)27)36-22-14-31-8-6-17(22)7-9-31/h4-5,10,17,19,22H,6-9,11-14H2,1-3H3/t22-/m1/s1. The highest BCUT2D eigenvalue weighted by Gasteiger charge is 2.36. The molecule has 0 saturated carbocycles. The van der Waals surface area contributed by atoms with E-state index in [2.05, 4.69) is 14.9 Å². The SMILES string of the molecule is COc1nc(C)c2nc(C3CN(C(C)=O)C3)n(Cc3ccc(O[C@@H]4CN5CCC4CC5)cc3F)c2n1. The molecule has 1 aromatic carbocycles. The van der Waals surface area contributed by atoms with Gasteiger partial charge in [-0.3, -0.25) is 9.69 Å². The van der Waals surface area contributed by atoms with E-state index in [1.165, 1.54) is 13.2 Å². The van der Waals surface area contributed by atoms with Gasteiger partial charge in [-0.25, -0.2) is 9.37 Å². The van der Waals surface area contributed by atoms with Gasteiger partial charge in [-0.05, 0) is 44.8 Å². The topological polar surface area (TPSA) is 85.6 Å². The number of benzene rings is 1. The number of methoxy groups -OCH3 is 1. The monoisotopic (exact) mass is 494 g/mol. The van der Waals surface area contributed by atoms with Gasteiger partial charge in [0.25, 0.3) is 0 Å². The summed E-state index contributed by atoms with van der Waals surface area (Å²) in [6.07, 6.45) is 2.42. The first-order chi connectivity index (χ1) is 17.4. The number of ether oxygens (including phenoxy) is 2. The fraction of sp³-hybridized carbons (Fsp3) is 0.538. The van der Waals surface area contributed by atoms with Crippen molar-refractivity contribution in [2.75, 3.05) is 39.8 Å². The Kier molecular flexibility index (Phi) is 5.78. The van der Waals surface area contributed by atoms with Crippen LogP contribution in [-0.2, 0) is 11.3 Å². The number of amides is 1. The summed E-state index contributed by atoms with van der Waals surface area (Å²) in [6.45, 7) is 8.03. The van der Waals surface area contributed by atoms with Gasteiger partial charge in [0, 0.05) is 38.2 Å². The van der Waals surface area contributed by atoms with Crippen molar-refractivity contribution in [3.8, 4) is 11.8 Å². The molecule has 1 amide bonds. The molecule has 36 heavy (non-hydrogen) atoms. The van der Waals surface area contributed by atoms with E-state index in [1.807, 2.05) is 17.6 Å². The molecule has 190 valence electrons. The molecule has 2 bridgehead atoms. The second-order valence-electron chi connectivity index (χ2n) is 10.2. The number of hydrogen-bond acceptors (Lipinski definition) is 7. The van der Waals surface area contributed by atoms with Gasteiger partial charge in [0.05, 0.1) is 25.3 Å². The molecule has 4 saturated heterocycles. The molecule has 0 spiro atoms. The van der Waals surface area contributed by atoms with E-state index in [0.717, 1.165) is 38.3 Å². The Bertz CT molecular complexity index is 1310. The number of piperidine rings is 3. The van der Waals surface area contributed by atoms with Crippen molar-refractivity contribution in [3.05, 3.63) is 41.1 Å². The van der Waals surface area contributed by atoms with Crippen molar-refractivity contribution in [1.82, 2.24) is 29.3 Å². The number of rotatable bonds is 6. The third-order valence-corrected chi connectivity index (χ3v) is 7.89. The lowest BCUT2D eigenvalue weighted by atomic mass is 9.86. The van der Waals surface area contributed by atoms with Gasteiger partial charge in [0.1, 0.15) is 29.0 Å². The normalized spacial score (nSPS) is 23.7. The van der Waals surface area contributed by atoms with E-state index < -0.39 is 0 Å². The van der Waals surface area contributed by atoms with Gasteiger partial charge < -0.3 is 18.9 Å². The summed E-state index contributed by atoms with van der Waals surface area (Å²) in [6, 6.07) is 5.38. The van der Waals surface area contributed by atoms with Crippen LogP contribution in [0.3, 0.4) is 0 Å². The van der Waals surface area contributed by atoms with Crippen LogP contribution in [-0.4, -0.2) is 81.2 Å². The summed E-state index contributed by atoms with van der Waals surface area (Å²) in [5, 5.41) is 0. The molecule has 1 atom stereocenters. The lowest BCUT2D eigenvalue weighted by Gasteiger charge is -2.44. The minimum Gasteiger partial charge on any atom is -0.489 e. The molecule has 6 heterocycles. The summed E-state index contributed by atoms with van der Waals surface area (Å²) in [7, 11) is 1.52. The molecule has 3 aromatic rings. The molecular formula is C26H31FN6O3. The fourth-order valence-corrected chi connectivity index (χ4v) is 5.71. The molecule has 10 heteroatoms. The van der Waals surface area contributed by atoms with Gasteiger partial charge in [-0.1, -0.05) is 6.07 Å². The van der Waals surface area contributed by atoms with E-state index in [0.29, 0.717) is 47.2 Å². The van der Waals surface area contributed by atoms with E-state index in [1.54, 1.807) is 17.9 Å². The largest absolute Gasteiger partial charge is 0.489 e. The molecule has 0 aliphatic carbocycles. The highest BCUT2D eigenvalue weighted by Crippen LogP contribution is 2.33. The lowest BCUT2D eigenvalue weighted by Crippen LogP contribution is -2.52. The molecule has 4 fully saturated rings. The Labute approximate surface area is 209 Å². The third-order valence-electron chi connectivity index (χ3n) is 7.89. The maximum atomic E-state index is 15.4. The maximum absolute atomic E-state index is 15.4. The zero-order valence-corrected chi connectivity index (χ0v) is 20.9. The van der Waals surface area contributed by atoms with E-state index in [4.69, 9.17) is 14.5 Å². The fourth-order valence-electron chi connectivity index (χ4n) is 5.71. The zero-order valence-electron chi connectivity index (χ0n) is 20.9. The highest BCUT2D eigenvalue weighted by molar-refractivity contribution is 5.76. The molecule has 0 unspecified atom stereocenters. The van der Waals surface area contributed by atoms with Crippen LogP contribution in [0, 0.1) is 18.7 Å². The van der Waals surface area contributed by atoms with Gasteiger partial charge in [-0.2, -0.15) is 9.97 Å². The summed E-state index contributed by atoms with van der Waals surface area (Å²) >= 11 is 0. The van der Waals surface area contributed by atoms with E-state index >= 15 is 4.39 Å². The van der Waals surface area contributed by atoms with Crippen molar-refractivity contribution in [3.63, 3.8) is 0 Å². The first-order valence-electron chi connectivity index (χ1n) is 12.6. The quantitative estimate of drug-likeness (QED) is 0.521. The van der Waals surface area contributed by atoms with Crippen molar-refractivity contribution < 1.29 is 18.7 Å². The number of carbonyl (C=O) groups excluding carboxylic acids is 1. The summed E-state index contributed by atoms with van der Waals surface area (Å²) in [4.78, 5) is 29.7. The van der Waals surface area contributed by atoms with Gasteiger partial charge in [0.2, 0.25) is 5.91 Å². The first-order valence-corrected chi connectivity index (χ1v) is 12.6. The van der Waals surface area contributed by atoms with Crippen molar-refractivity contribution in [2.24, 2.45) is 5.92 Å². The summed E-state index contributed by atoms with van der Waals surface area (Å²) < 4.78 is 28.8. The average molecular weight is 495 g/mol. The highest BCUT2D eigenvalue weighted by atomic mass is 19.1. The Balaban J connectivity index is 1.30. The number of likely N-dealkylation sites (tertiary alicyclic amines) is 1. The molecule has 2 aromatic heterocycles. The van der Waals surface area contributed by atoms with Crippen LogP contribution in [0.15, 0.2) is 18.2 Å². The zero-order chi connectivity index (χ0) is 25.0. The summed E-state index contributed by atoms with van der Waals surface area (Å²) in [5.41, 5.74) is 2.48. The van der Waals surface area contributed by atoms with Crippen molar-refractivity contribution in [1.29, 1.82) is 0 Å². The van der Waals surface area contributed by atoms with Crippen LogP contribution in [0.1, 0.15) is 42.8 Å². The number of hydrogen-bond donors (Lipinski definition) is 0. The van der Waals surface area contributed by atoms with E-state index in [9.17, 15) is 4.79 Å². The molecule has 4 aliphatic heterocycles. The van der Waals surface area contributed by atoms with Crippen LogP contribution in [0.25, 0.3) is 11.2 Å². The molecule has 0 radical (unpaired) electrons. The Morgan fingerprint density at radius 3 is 2.56 bits per heavy atom. The van der Waals surface area contributed by atoms with Crippen LogP contribution < -0.4 is 9.47 Å². The lowest BCUT2D eigenvalue weighted by molar-refractivity contribution is -0.133. The van der Waals surface area contributed by atoms with Gasteiger partial charge >= 0.3 is 6.01 Å².